The zero-order valence-electron chi connectivity index (χ0n) is 14.1. The molecule has 0 aromatic carbocycles. The fraction of sp³-hybridized carbons (Fsp3) is 0.733. The van der Waals surface area contributed by atoms with Gasteiger partial charge in [-0.05, 0) is 36.9 Å². The van der Waals surface area contributed by atoms with Gasteiger partial charge in [0.2, 0.25) is 10.0 Å². The molecule has 0 saturated carbocycles. The van der Waals surface area contributed by atoms with E-state index in [9.17, 15) is 8.42 Å². The highest BCUT2D eigenvalue weighted by Crippen LogP contribution is 2.31. The fourth-order valence-corrected chi connectivity index (χ4v) is 5.18. The van der Waals surface area contributed by atoms with Crippen molar-refractivity contribution in [1.29, 1.82) is 0 Å². The monoisotopic (exact) mass is 382 g/mol. The van der Waals surface area contributed by atoms with Crippen LogP contribution in [0, 0.1) is 0 Å². The maximum atomic E-state index is 12.5. The molecule has 5 nitrogen and oxygen atoms in total. The van der Waals surface area contributed by atoms with Crippen LogP contribution < -0.4 is 10.0 Å². The second-order valence-electron chi connectivity index (χ2n) is 6.94. The van der Waals surface area contributed by atoms with Crippen LogP contribution in [-0.2, 0) is 20.2 Å². The molecular weight excluding hydrogens is 356 g/mol. The third-order valence-electron chi connectivity index (χ3n) is 3.94. The summed E-state index contributed by atoms with van der Waals surface area (Å²) in [5.74, 6) is 0. The van der Waals surface area contributed by atoms with Gasteiger partial charge in [0.15, 0.2) is 0 Å². The number of halogens is 1. The van der Waals surface area contributed by atoms with E-state index in [-0.39, 0.29) is 23.4 Å². The summed E-state index contributed by atoms with van der Waals surface area (Å²) < 4.78 is 33.4. The van der Waals surface area contributed by atoms with Crippen LogP contribution in [0.2, 0.25) is 0 Å². The number of methoxy groups -OCH3 is 1. The average Bonchev–Trinajstić information content (AvgIpc) is 3.06. The van der Waals surface area contributed by atoms with Crippen molar-refractivity contribution in [1.82, 2.24) is 10.0 Å². The topological polar surface area (TPSA) is 67.4 Å². The van der Waals surface area contributed by atoms with Gasteiger partial charge in [-0.15, -0.1) is 23.7 Å². The summed E-state index contributed by atoms with van der Waals surface area (Å²) in [5, 5.41) is 3.38. The number of hydrogen-bond acceptors (Lipinski definition) is 5. The minimum Gasteiger partial charge on any atom is -0.383 e. The van der Waals surface area contributed by atoms with Crippen LogP contribution in [0.4, 0.5) is 0 Å². The minimum absolute atomic E-state index is 0. The first kappa shape index (κ1) is 20.9. The Morgan fingerprint density at radius 2 is 2.09 bits per heavy atom. The molecule has 1 aromatic rings. The minimum atomic E-state index is -3.47. The highest BCUT2D eigenvalue weighted by Gasteiger charge is 2.35. The molecule has 0 spiro atoms. The lowest BCUT2D eigenvalue weighted by Gasteiger charge is -2.28. The van der Waals surface area contributed by atoms with E-state index in [2.05, 4.69) is 30.8 Å². The second kappa shape index (κ2) is 7.80. The molecule has 8 heteroatoms. The summed E-state index contributed by atoms with van der Waals surface area (Å²) in [4.78, 5) is 1.07. The van der Waals surface area contributed by atoms with Crippen LogP contribution in [0.3, 0.4) is 0 Å². The van der Waals surface area contributed by atoms with Crippen LogP contribution in [0.5, 0.6) is 0 Å². The van der Waals surface area contributed by atoms with Crippen molar-refractivity contribution in [2.24, 2.45) is 0 Å². The van der Waals surface area contributed by atoms with E-state index in [1.165, 1.54) is 11.3 Å². The molecule has 23 heavy (non-hydrogen) atoms. The number of ether oxygens (including phenoxy) is 1. The third kappa shape index (κ3) is 5.14. The molecule has 134 valence electrons. The molecule has 1 unspecified atom stereocenters. The van der Waals surface area contributed by atoms with Crippen molar-refractivity contribution >= 4 is 33.8 Å². The Balaban J connectivity index is 0.00000264. The van der Waals surface area contributed by atoms with E-state index >= 15 is 0 Å². The number of hydrogen-bond donors (Lipinski definition) is 2. The molecule has 2 heterocycles. The summed E-state index contributed by atoms with van der Waals surface area (Å²) in [6.07, 6.45) is 1.96. The second-order valence-corrected chi connectivity index (χ2v) is 10.0. The first-order chi connectivity index (χ1) is 10.2. The van der Waals surface area contributed by atoms with Gasteiger partial charge < -0.3 is 10.1 Å². The summed E-state index contributed by atoms with van der Waals surface area (Å²) in [5.41, 5.74) is -0.325. The van der Waals surface area contributed by atoms with Crippen LogP contribution in [0.25, 0.3) is 0 Å². The maximum absolute atomic E-state index is 12.5. The third-order valence-corrected chi connectivity index (χ3v) is 7.34. The Morgan fingerprint density at radius 3 is 2.57 bits per heavy atom. The van der Waals surface area contributed by atoms with Gasteiger partial charge in [-0.1, -0.05) is 20.8 Å². The van der Waals surface area contributed by atoms with Crippen molar-refractivity contribution in [3.8, 4) is 0 Å². The predicted octanol–water partition coefficient (Wildman–Crippen LogP) is 2.51. The quantitative estimate of drug-likeness (QED) is 0.793. The van der Waals surface area contributed by atoms with E-state index in [4.69, 9.17) is 4.74 Å². The van der Waals surface area contributed by atoms with Crippen LogP contribution in [-0.4, -0.2) is 40.8 Å². The molecule has 1 fully saturated rings. The van der Waals surface area contributed by atoms with Gasteiger partial charge in [0.1, 0.15) is 4.21 Å². The largest absolute Gasteiger partial charge is 0.383 e. The summed E-state index contributed by atoms with van der Waals surface area (Å²) >= 11 is 1.34. The molecule has 1 aliphatic rings. The number of rotatable bonds is 6. The lowest BCUT2D eigenvalue weighted by Crippen LogP contribution is -2.52. The first-order valence-electron chi connectivity index (χ1n) is 7.53. The number of nitrogens with one attached hydrogen (secondary N) is 2. The molecular formula is C15H27ClN2O3S2. The highest BCUT2D eigenvalue weighted by atomic mass is 35.5. The first-order valence-corrected chi connectivity index (χ1v) is 9.82. The summed E-state index contributed by atoms with van der Waals surface area (Å²) in [7, 11) is -1.83. The fourth-order valence-electron chi connectivity index (χ4n) is 2.64. The number of sulfonamides is 1. The molecule has 1 aromatic heterocycles. The SMILES string of the molecule is COCC1(CNS(=O)(=O)c2ccc(C(C)(C)C)s2)CCCN1.Cl. The van der Waals surface area contributed by atoms with Gasteiger partial charge in [0.05, 0.1) is 12.1 Å². The van der Waals surface area contributed by atoms with E-state index in [0.29, 0.717) is 17.4 Å². The Bertz CT molecular complexity index is 602. The molecule has 2 rings (SSSR count). The summed E-state index contributed by atoms with van der Waals surface area (Å²) in [6.45, 7) is 8.01. The van der Waals surface area contributed by atoms with Crippen LogP contribution >= 0.6 is 23.7 Å². The molecule has 0 bridgehead atoms. The van der Waals surface area contributed by atoms with E-state index in [0.717, 1.165) is 24.3 Å². The summed E-state index contributed by atoms with van der Waals surface area (Å²) in [6, 6.07) is 3.59. The lowest BCUT2D eigenvalue weighted by atomic mass is 9.95. The maximum Gasteiger partial charge on any atom is 0.250 e. The molecule has 0 aliphatic carbocycles. The van der Waals surface area contributed by atoms with Crippen molar-refractivity contribution in [2.75, 3.05) is 26.8 Å². The van der Waals surface area contributed by atoms with Crippen molar-refractivity contribution in [3.05, 3.63) is 17.0 Å². The Hall–Kier alpha value is -0.180. The Kier molecular flexibility index (Phi) is 7.08. The smallest absolute Gasteiger partial charge is 0.250 e. The van der Waals surface area contributed by atoms with Gasteiger partial charge >= 0.3 is 0 Å². The average molecular weight is 383 g/mol. The number of thiophene rings is 1. The predicted molar refractivity (Wildman–Crippen MR) is 97.3 cm³/mol. The van der Waals surface area contributed by atoms with E-state index in [1.54, 1.807) is 13.2 Å². The molecule has 0 amide bonds. The zero-order chi connectivity index (χ0) is 16.4. The van der Waals surface area contributed by atoms with Crippen molar-refractivity contribution in [3.63, 3.8) is 0 Å². The van der Waals surface area contributed by atoms with Crippen molar-refractivity contribution in [2.45, 2.75) is 48.8 Å². The van der Waals surface area contributed by atoms with Gasteiger partial charge in [0, 0.05) is 18.5 Å². The molecule has 2 N–H and O–H groups in total. The van der Waals surface area contributed by atoms with Crippen LogP contribution in [0.15, 0.2) is 16.3 Å². The van der Waals surface area contributed by atoms with Gasteiger partial charge in [-0.25, -0.2) is 13.1 Å². The van der Waals surface area contributed by atoms with E-state index < -0.39 is 10.0 Å². The molecule has 1 atom stereocenters. The highest BCUT2D eigenvalue weighted by molar-refractivity contribution is 7.91. The Morgan fingerprint density at radius 1 is 1.39 bits per heavy atom. The normalized spacial score (nSPS) is 22.1. The van der Waals surface area contributed by atoms with E-state index in [1.807, 2.05) is 6.07 Å². The van der Waals surface area contributed by atoms with Crippen molar-refractivity contribution < 1.29 is 13.2 Å². The standard InChI is InChI=1S/C15H26N2O3S2.ClH/c1-14(2,3)12-6-7-13(21-12)22(18,19)17-10-15(11-20-4)8-5-9-16-15;/h6-7,16-17H,5,8-11H2,1-4H3;1H. The molecule has 1 aliphatic heterocycles. The van der Waals surface area contributed by atoms with Gasteiger partial charge in [-0.2, -0.15) is 0 Å². The van der Waals surface area contributed by atoms with Gasteiger partial charge in [0.25, 0.3) is 0 Å². The zero-order valence-corrected chi connectivity index (χ0v) is 16.6. The van der Waals surface area contributed by atoms with Crippen LogP contribution in [0.1, 0.15) is 38.5 Å². The lowest BCUT2D eigenvalue weighted by molar-refractivity contribution is 0.122. The Labute approximate surface area is 149 Å². The molecule has 1 saturated heterocycles. The molecule has 0 radical (unpaired) electrons. The van der Waals surface area contributed by atoms with Gasteiger partial charge in [-0.3, -0.25) is 0 Å².